The van der Waals surface area contributed by atoms with Crippen LogP contribution >= 0.6 is 11.3 Å². The zero-order valence-corrected chi connectivity index (χ0v) is 12.5. The monoisotopic (exact) mass is 290 g/mol. The predicted molar refractivity (Wildman–Crippen MR) is 80.9 cm³/mol. The summed E-state index contributed by atoms with van der Waals surface area (Å²) in [5.74, 6) is 0. The molecule has 1 atom stereocenters. The number of hydrogen-bond donors (Lipinski definition) is 1. The van der Waals surface area contributed by atoms with E-state index in [9.17, 15) is 5.11 Å². The second-order valence-corrected chi connectivity index (χ2v) is 6.00. The largest absolute Gasteiger partial charge is 0.388 e. The molecule has 0 saturated carbocycles. The molecule has 5 heteroatoms. The lowest BCUT2D eigenvalue weighted by Gasteiger charge is -2.15. The third kappa shape index (κ3) is 2.44. The number of thiazole rings is 1. The molecule has 3 rings (SSSR count). The highest BCUT2D eigenvalue weighted by Gasteiger charge is 2.23. The van der Waals surface area contributed by atoms with Crippen LogP contribution in [0.15, 0.2) is 24.3 Å². The maximum atomic E-state index is 10.0. The van der Waals surface area contributed by atoms with E-state index in [0.29, 0.717) is 0 Å². The fraction of sp³-hybridized carbons (Fsp3) is 0.400. The number of aromatic nitrogens is 1. The number of fused-ring (bicyclic) bond motifs is 1. The van der Waals surface area contributed by atoms with Gasteiger partial charge in [-0.25, -0.2) is 4.98 Å². The number of aliphatic hydroxyl groups excluding tert-OH is 1. The van der Waals surface area contributed by atoms with E-state index in [2.05, 4.69) is 4.98 Å². The summed E-state index contributed by atoms with van der Waals surface area (Å²) in [7, 11) is 3.51. The van der Waals surface area contributed by atoms with Crippen LogP contribution in [0.25, 0.3) is 10.6 Å². The summed E-state index contributed by atoms with van der Waals surface area (Å²) in [6.07, 6.45) is 2.53. The molecule has 0 spiro atoms. The Kier molecular flexibility index (Phi) is 3.74. The summed E-state index contributed by atoms with van der Waals surface area (Å²) in [5.41, 5.74) is 3.16. The molecule has 0 fully saturated rings. The molecule has 1 aromatic carbocycles. The van der Waals surface area contributed by atoms with Crippen molar-refractivity contribution in [2.45, 2.75) is 25.4 Å². The van der Waals surface area contributed by atoms with Gasteiger partial charge in [-0.15, -0.1) is 11.3 Å². The van der Waals surface area contributed by atoms with Crippen LogP contribution in [0.1, 0.15) is 29.5 Å². The lowest BCUT2D eigenvalue weighted by molar-refractivity contribution is 0.160. The molecule has 1 N–H and O–H groups in total. The Labute approximate surface area is 122 Å². The first-order chi connectivity index (χ1) is 9.69. The molecule has 0 saturated heterocycles. The SMILES string of the molecule is CON(C)c1ccc(-c2nc3c(s2)C(O)CCC3)cc1. The van der Waals surface area contributed by atoms with Crippen LogP contribution in [0.4, 0.5) is 5.69 Å². The summed E-state index contributed by atoms with van der Waals surface area (Å²) in [5, 5.41) is 12.7. The third-order valence-corrected chi connectivity index (χ3v) is 4.92. The van der Waals surface area contributed by atoms with Gasteiger partial charge in [0.25, 0.3) is 0 Å². The van der Waals surface area contributed by atoms with Gasteiger partial charge in [0.1, 0.15) is 5.01 Å². The summed E-state index contributed by atoms with van der Waals surface area (Å²) in [6, 6.07) is 8.11. The zero-order valence-electron chi connectivity index (χ0n) is 11.7. The van der Waals surface area contributed by atoms with E-state index in [1.807, 2.05) is 31.3 Å². The van der Waals surface area contributed by atoms with Gasteiger partial charge in [-0.3, -0.25) is 9.90 Å². The fourth-order valence-corrected chi connectivity index (χ4v) is 3.58. The molecule has 0 bridgehead atoms. The topological polar surface area (TPSA) is 45.6 Å². The highest BCUT2D eigenvalue weighted by molar-refractivity contribution is 7.15. The van der Waals surface area contributed by atoms with Gasteiger partial charge in [0.2, 0.25) is 0 Å². The molecule has 0 radical (unpaired) electrons. The molecule has 1 heterocycles. The average Bonchev–Trinajstić information content (AvgIpc) is 2.92. The van der Waals surface area contributed by atoms with E-state index in [1.54, 1.807) is 23.5 Å². The molecule has 1 aromatic heterocycles. The number of nitrogens with zero attached hydrogens (tertiary/aromatic N) is 2. The van der Waals surface area contributed by atoms with Gasteiger partial charge in [0.05, 0.1) is 29.5 Å². The highest BCUT2D eigenvalue weighted by atomic mass is 32.1. The molecule has 0 amide bonds. The normalized spacial score (nSPS) is 17.9. The van der Waals surface area contributed by atoms with Crippen LogP contribution < -0.4 is 5.06 Å². The van der Waals surface area contributed by atoms with Crippen molar-refractivity contribution in [3.63, 3.8) is 0 Å². The van der Waals surface area contributed by atoms with Crippen molar-refractivity contribution in [2.24, 2.45) is 0 Å². The quantitative estimate of drug-likeness (QED) is 0.882. The Morgan fingerprint density at radius 2 is 2.10 bits per heavy atom. The molecule has 106 valence electrons. The number of benzene rings is 1. The van der Waals surface area contributed by atoms with E-state index in [4.69, 9.17) is 4.84 Å². The summed E-state index contributed by atoms with van der Waals surface area (Å²) in [6.45, 7) is 0. The first-order valence-corrected chi connectivity index (χ1v) is 7.56. The molecule has 4 nitrogen and oxygen atoms in total. The maximum absolute atomic E-state index is 10.0. The Morgan fingerprint density at radius 1 is 1.35 bits per heavy atom. The second-order valence-electron chi connectivity index (χ2n) is 4.96. The number of aliphatic hydroxyl groups is 1. The van der Waals surface area contributed by atoms with E-state index in [-0.39, 0.29) is 6.10 Å². The van der Waals surface area contributed by atoms with Crippen molar-refractivity contribution < 1.29 is 9.94 Å². The van der Waals surface area contributed by atoms with Crippen LogP contribution in [0.3, 0.4) is 0 Å². The van der Waals surface area contributed by atoms with E-state index in [1.165, 1.54) is 0 Å². The van der Waals surface area contributed by atoms with Gasteiger partial charge in [0.15, 0.2) is 0 Å². The molecule has 1 aliphatic carbocycles. The number of anilines is 1. The first kappa shape index (κ1) is 13.5. The zero-order chi connectivity index (χ0) is 14.1. The van der Waals surface area contributed by atoms with Gasteiger partial charge in [-0.05, 0) is 43.5 Å². The molecular formula is C15H18N2O2S. The van der Waals surface area contributed by atoms with Gasteiger partial charge in [0, 0.05) is 12.6 Å². The summed E-state index contributed by atoms with van der Waals surface area (Å²) >= 11 is 1.61. The van der Waals surface area contributed by atoms with Crippen LogP contribution in [-0.2, 0) is 11.3 Å². The van der Waals surface area contributed by atoms with Crippen molar-refractivity contribution >= 4 is 17.0 Å². The summed E-state index contributed by atoms with van der Waals surface area (Å²) < 4.78 is 0. The minimum atomic E-state index is -0.330. The minimum Gasteiger partial charge on any atom is -0.388 e. The first-order valence-electron chi connectivity index (χ1n) is 6.75. The standard InChI is InChI=1S/C15H18N2O2S/c1-17(19-2)11-8-6-10(7-9-11)15-16-12-4-3-5-13(18)14(12)20-15/h6-9,13,18H,3-5H2,1-2H3. The van der Waals surface area contributed by atoms with E-state index in [0.717, 1.165) is 46.1 Å². The van der Waals surface area contributed by atoms with Gasteiger partial charge >= 0.3 is 0 Å². The minimum absolute atomic E-state index is 0.330. The maximum Gasteiger partial charge on any atom is 0.123 e. The molecular weight excluding hydrogens is 272 g/mol. The Morgan fingerprint density at radius 3 is 2.75 bits per heavy atom. The second kappa shape index (κ2) is 5.52. The number of aryl methyl sites for hydroxylation is 1. The average molecular weight is 290 g/mol. The number of hydrogen-bond acceptors (Lipinski definition) is 5. The van der Waals surface area contributed by atoms with Crippen LogP contribution in [0.5, 0.6) is 0 Å². The van der Waals surface area contributed by atoms with Gasteiger partial charge < -0.3 is 5.11 Å². The van der Waals surface area contributed by atoms with Crippen LogP contribution in [0, 0.1) is 0 Å². The van der Waals surface area contributed by atoms with Crippen molar-refractivity contribution in [3.05, 3.63) is 34.8 Å². The molecule has 1 unspecified atom stereocenters. The Balaban J connectivity index is 1.90. The smallest absolute Gasteiger partial charge is 0.123 e. The Bertz CT molecular complexity index is 594. The summed E-state index contributed by atoms with van der Waals surface area (Å²) in [4.78, 5) is 10.9. The number of hydroxylamine groups is 1. The number of rotatable bonds is 3. The van der Waals surface area contributed by atoms with Crippen LogP contribution in [-0.4, -0.2) is 24.2 Å². The molecule has 2 aromatic rings. The van der Waals surface area contributed by atoms with Crippen molar-refractivity contribution in [1.29, 1.82) is 0 Å². The highest BCUT2D eigenvalue weighted by Crippen LogP contribution is 2.38. The predicted octanol–water partition coefficient (Wildman–Crippen LogP) is 3.18. The lowest BCUT2D eigenvalue weighted by Crippen LogP contribution is -2.14. The van der Waals surface area contributed by atoms with Crippen molar-refractivity contribution in [1.82, 2.24) is 4.98 Å². The van der Waals surface area contributed by atoms with Crippen LogP contribution in [0.2, 0.25) is 0 Å². The van der Waals surface area contributed by atoms with E-state index < -0.39 is 0 Å². The Hall–Kier alpha value is -1.43. The van der Waals surface area contributed by atoms with Crippen molar-refractivity contribution in [2.75, 3.05) is 19.2 Å². The van der Waals surface area contributed by atoms with Crippen molar-refractivity contribution in [3.8, 4) is 10.6 Å². The van der Waals surface area contributed by atoms with Gasteiger partial charge in [-0.2, -0.15) is 0 Å². The van der Waals surface area contributed by atoms with Gasteiger partial charge in [-0.1, -0.05) is 0 Å². The van der Waals surface area contributed by atoms with E-state index >= 15 is 0 Å². The fourth-order valence-electron chi connectivity index (χ4n) is 2.44. The molecule has 0 aliphatic heterocycles. The third-order valence-electron chi connectivity index (χ3n) is 3.67. The molecule has 1 aliphatic rings. The lowest BCUT2D eigenvalue weighted by atomic mass is 10.0. The molecule has 20 heavy (non-hydrogen) atoms.